The third kappa shape index (κ3) is 1.93. The van der Waals surface area contributed by atoms with Crippen molar-refractivity contribution in [2.75, 3.05) is 0 Å². The number of hydrogen-bond acceptors (Lipinski definition) is 3. The molecule has 2 atom stereocenters. The highest BCUT2D eigenvalue weighted by atomic mass is 19.4. The monoisotopic (exact) mass is 197 g/mol. The lowest BCUT2D eigenvalue weighted by Crippen LogP contribution is -2.41. The van der Waals surface area contributed by atoms with Gasteiger partial charge in [-0.25, -0.2) is 4.79 Å². The van der Waals surface area contributed by atoms with Crippen LogP contribution in [0.4, 0.5) is 13.2 Å². The van der Waals surface area contributed by atoms with Crippen LogP contribution >= 0.6 is 0 Å². The first kappa shape index (κ1) is 10.3. The van der Waals surface area contributed by atoms with Crippen LogP contribution in [0.2, 0.25) is 0 Å². The van der Waals surface area contributed by atoms with Gasteiger partial charge in [0, 0.05) is 0 Å². The van der Waals surface area contributed by atoms with E-state index in [2.05, 4.69) is 10.3 Å². The lowest BCUT2D eigenvalue weighted by molar-refractivity contribution is -0.188. The van der Waals surface area contributed by atoms with Gasteiger partial charge < -0.3 is 4.84 Å². The zero-order valence-electron chi connectivity index (χ0n) is 7.18. The Morgan fingerprint density at radius 2 is 2.00 bits per heavy atom. The molecule has 0 bridgehead atoms. The van der Waals surface area contributed by atoms with Crippen molar-refractivity contribution in [1.82, 2.24) is 5.48 Å². The van der Waals surface area contributed by atoms with E-state index in [0.29, 0.717) is 0 Å². The van der Waals surface area contributed by atoms with Crippen LogP contribution in [0.3, 0.4) is 0 Å². The first-order valence-corrected chi connectivity index (χ1v) is 3.87. The summed E-state index contributed by atoms with van der Waals surface area (Å²) in [5.74, 6) is -3.59. The Hall–Kier alpha value is -0.780. The highest BCUT2D eigenvalue weighted by molar-refractivity contribution is 5.75. The fraction of sp³-hybridized carbons (Fsp3) is 0.857. The first-order chi connectivity index (χ1) is 5.84. The van der Waals surface area contributed by atoms with Gasteiger partial charge in [0.05, 0.1) is 6.04 Å². The van der Waals surface area contributed by atoms with E-state index in [-0.39, 0.29) is 5.92 Å². The van der Waals surface area contributed by atoms with E-state index in [4.69, 9.17) is 0 Å². The lowest BCUT2D eigenvalue weighted by atomic mass is 9.92. The maximum absolute atomic E-state index is 12.3. The van der Waals surface area contributed by atoms with Gasteiger partial charge in [0.15, 0.2) is 5.92 Å². The summed E-state index contributed by atoms with van der Waals surface area (Å²) in [6.45, 7) is 3.19. The van der Waals surface area contributed by atoms with E-state index in [1.165, 1.54) is 0 Å². The van der Waals surface area contributed by atoms with Gasteiger partial charge in [0.25, 0.3) is 0 Å². The zero-order valence-corrected chi connectivity index (χ0v) is 7.18. The molecule has 1 heterocycles. The quantitative estimate of drug-likeness (QED) is 0.687. The average molecular weight is 197 g/mol. The summed E-state index contributed by atoms with van der Waals surface area (Å²) < 4.78 is 36.8. The van der Waals surface area contributed by atoms with Crippen molar-refractivity contribution in [2.45, 2.75) is 26.1 Å². The van der Waals surface area contributed by atoms with Crippen molar-refractivity contribution in [3.63, 3.8) is 0 Å². The van der Waals surface area contributed by atoms with E-state index in [1.807, 2.05) is 0 Å². The summed E-state index contributed by atoms with van der Waals surface area (Å²) in [6.07, 6.45) is -4.53. The molecule has 0 aliphatic carbocycles. The predicted octanol–water partition coefficient (Wildman–Crippen LogP) is 1.25. The molecule has 0 amide bonds. The van der Waals surface area contributed by atoms with Crippen LogP contribution in [-0.2, 0) is 9.63 Å². The number of halogens is 3. The Bertz CT molecular complexity index is 214. The third-order valence-electron chi connectivity index (χ3n) is 1.98. The summed E-state index contributed by atoms with van der Waals surface area (Å²) in [5, 5.41) is 0. The van der Waals surface area contributed by atoms with Crippen molar-refractivity contribution in [2.24, 2.45) is 11.8 Å². The molecule has 1 fully saturated rings. The van der Waals surface area contributed by atoms with Crippen LogP contribution in [0, 0.1) is 11.8 Å². The molecule has 13 heavy (non-hydrogen) atoms. The summed E-state index contributed by atoms with van der Waals surface area (Å²) in [4.78, 5) is 14.9. The average Bonchev–Trinajstić information content (AvgIpc) is 2.28. The van der Waals surface area contributed by atoms with Gasteiger partial charge in [-0.15, -0.1) is 5.48 Å². The second-order valence-electron chi connectivity index (χ2n) is 3.33. The number of alkyl halides is 3. The molecule has 6 heteroatoms. The van der Waals surface area contributed by atoms with E-state index < -0.39 is 24.1 Å². The Balaban J connectivity index is 2.84. The van der Waals surface area contributed by atoms with Gasteiger partial charge >= 0.3 is 12.1 Å². The van der Waals surface area contributed by atoms with Crippen LogP contribution < -0.4 is 5.48 Å². The predicted molar refractivity (Wildman–Crippen MR) is 37.4 cm³/mol. The van der Waals surface area contributed by atoms with Crippen LogP contribution in [0.15, 0.2) is 0 Å². The molecule has 1 unspecified atom stereocenters. The van der Waals surface area contributed by atoms with Crippen molar-refractivity contribution in [3.8, 4) is 0 Å². The second kappa shape index (κ2) is 3.17. The highest BCUT2D eigenvalue weighted by Crippen LogP contribution is 2.35. The molecule has 1 N–H and O–H groups in total. The molecule has 0 aromatic carbocycles. The Labute approximate surface area is 73.2 Å². The van der Waals surface area contributed by atoms with Crippen LogP contribution in [0.25, 0.3) is 0 Å². The number of hydrogen-bond donors (Lipinski definition) is 1. The molecule has 0 aromatic rings. The van der Waals surface area contributed by atoms with Crippen LogP contribution in [-0.4, -0.2) is 18.2 Å². The maximum Gasteiger partial charge on any atom is 0.403 e. The minimum atomic E-state index is -4.53. The standard InChI is InChI=1S/C7H10F3NO2/c1-3(2)5-4(7(8,9)10)6(12)13-11-5/h3-5,11H,1-2H3/t4-,5?/m1/s1. The fourth-order valence-electron chi connectivity index (χ4n) is 1.26. The van der Waals surface area contributed by atoms with Crippen LogP contribution in [0.1, 0.15) is 13.8 Å². The molecule has 0 radical (unpaired) electrons. The number of hydroxylamine groups is 1. The lowest BCUT2D eigenvalue weighted by Gasteiger charge is -2.20. The van der Waals surface area contributed by atoms with Gasteiger partial charge in [-0.2, -0.15) is 13.2 Å². The molecular formula is C7H10F3NO2. The number of carbonyl (C=O) groups excluding carboxylic acids is 1. The van der Waals surface area contributed by atoms with Gasteiger partial charge in [-0.3, -0.25) is 0 Å². The van der Waals surface area contributed by atoms with Gasteiger partial charge in [0.1, 0.15) is 0 Å². The first-order valence-electron chi connectivity index (χ1n) is 3.87. The summed E-state index contributed by atoms with van der Waals surface area (Å²) in [7, 11) is 0. The minimum Gasteiger partial charge on any atom is -0.370 e. The molecular weight excluding hydrogens is 187 g/mol. The van der Waals surface area contributed by atoms with Crippen molar-refractivity contribution in [3.05, 3.63) is 0 Å². The molecule has 1 rings (SSSR count). The largest absolute Gasteiger partial charge is 0.403 e. The smallest absolute Gasteiger partial charge is 0.370 e. The SMILES string of the molecule is CC(C)C1NOC(=O)[C@@H]1C(F)(F)F. The van der Waals surface area contributed by atoms with Crippen LogP contribution in [0.5, 0.6) is 0 Å². The van der Waals surface area contributed by atoms with E-state index in [9.17, 15) is 18.0 Å². The Morgan fingerprint density at radius 1 is 1.46 bits per heavy atom. The Kier molecular flexibility index (Phi) is 2.51. The normalized spacial score (nSPS) is 29.5. The number of nitrogens with one attached hydrogen (secondary N) is 1. The van der Waals surface area contributed by atoms with Gasteiger partial charge in [0.2, 0.25) is 0 Å². The Morgan fingerprint density at radius 3 is 2.31 bits per heavy atom. The summed E-state index contributed by atoms with van der Waals surface area (Å²) in [6, 6.07) is -0.979. The molecule has 1 aliphatic rings. The molecule has 1 saturated heterocycles. The topological polar surface area (TPSA) is 38.3 Å². The van der Waals surface area contributed by atoms with Gasteiger partial charge in [-0.1, -0.05) is 13.8 Å². The number of rotatable bonds is 1. The zero-order chi connectivity index (χ0) is 10.2. The highest BCUT2D eigenvalue weighted by Gasteiger charge is 2.55. The van der Waals surface area contributed by atoms with E-state index in [1.54, 1.807) is 13.8 Å². The molecule has 3 nitrogen and oxygen atoms in total. The molecule has 1 aliphatic heterocycles. The molecule has 0 spiro atoms. The van der Waals surface area contributed by atoms with E-state index in [0.717, 1.165) is 0 Å². The molecule has 0 aromatic heterocycles. The van der Waals surface area contributed by atoms with E-state index >= 15 is 0 Å². The summed E-state index contributed by atoms with van der Waals surface area (Å²) >= 11 is 0. The molecule has 0 saturated carbocycles. The van der Waals surface area contributed by atoms with Crippen molar-refractivity contribution >= 4 is 5.97 Å². The maximum atomic E-state index is 12.3. The molecule has 76 valence electrons. The third-order valence-corrected chi connectivity index (χ3v) is 1.98. The second-order valence-corrected chi connectivity index (χ2v) is 3.33. The fourth-order valence-corrected chi connectivity index (χ4v) is 1.26. The summed E-state index contributed by atoms with van der Waals surface area (Å²) in [5.41, 5.74) is 2.09. The van der Waals surface area contributed by atoms with Gasteiger partial charge in [-0.05, 0) is 5.92 Å². The number of carbonyl (C=O) groups is 1. The van der Waals surface area contributed by atoms with Crippen molar-refractivity contribution < 1.29 is 22.8 Å². The van der Waals surface area contributed by atoms with Crippen molar-refractivity contribution in [1.29, 1.82) is 0 Å². The minimum absolute atomic E-state index is 0.307.